The Bertz CT molecular complexity index is 200. The maximum Gasteiger partial charge on any atom is 0.320 e. The normalized spacial score (nSPS) is 28.8. The zero-order chi connectivity index (χ0) is 10.6. The van der Waals surface area contributed by atoms with Crippen LogP contribution in [0.3, 0.4) is 0 Å². The number of thioether (sulfide) groups is 1. The van der Waals surface area contributed by atoms with Gasteiger partial charge in [-0.1, -0.05) is 15.9 Å². The number of rotatable bonds is 4. The van der Waals surface area contributed by atoms with Crippen LogP contribution < -0.4 is 0 Å². The van der Waals surface area contributed by atoms with Crippen molar-refractivity contribution in [1.82, 2.24) is 0 Å². The number of ether oxygens (including phenoxy) is 2. The van der Waals surface area contributed by atoms with Crippen LogP contribution in [-0.2, 0) is 14.3 Å². The molecule has 82 valence electrons. The van der Waals surface area contributed by atoms with Crippen molar-refractivity contribution in [1.29, 1.82) is 0 Å². The Balaban J connectivity index is 2.22. The Morgan fingerprint density at radius 3 is 3.00 bits per heavy atom. The van der Waals surface area contributed by atoms with E-state index in [1.54, 1.807) is 11.8 Å². The molecule has 0 aromatic heterocycles. The van der Waals surface area contributed by atoms with E-state index in [2.05, 4.69) is 27.6 Å². The van der Waals surface area contributed by atoms with Gasteiger partial charge in [0.05, 0.1) is 13.2 Å². The molecule has 0 aromatic rings. The van der Waals surface area contributed by atoms with Crippen LogP contribution in [0.2, 0.25) is 0 Å². The lowest BCUT2D eigenvalue weighted by molar-refractivity contribution is -0.139. The van der Waals surface area contributed by atoms with Crippen molar-refractivity contribution < 1.29 is 14.3 Å². The molecule has 1 heterocycles. The number of esters is 1. The summed E-state index contributed by atoms with van der Waals surface area (Å²) in [4.78, 5) is 10.9. The largest absolute Gasteiger partial charge is 0.468 e. The predicted molar refractivity (Wildman–Crippen MR) is 61.0 cm³/mol. The maximum atomic E-state index is 11.1. The molecule has 14 heavy (non-hydrogen) atoms. The third-order valence-corrected chi connectivity index (χ3v) is 4.92. The molecule has 1 rings (SSSR count). The molecule has 0 N–H and O–H groups in total. The second kappa shape index (κ2) is 5.98. The van der Waals surface area contributed by atoms with Gasteiger partial charge in [0.15, 0.2) is 0 Å². The minimum absolute atomic E-state index is 0.203. The lowest BCUT2D eigenvalue weighted by atomic mass is 10.3. The molecule has 1 fully saturated rings. The Hall–Kier alpha value is 0.260. The second-order valence-electron chi connectivity index (χ2n) is 3.23. The highest BCUT2D eigenvalue weighted by Gasteiger charge is 2.26. The summed E-state index contributed by atoms with van der Waals surface area (Å²) < 4.78 is 10.1. The van der Waals surface area contributed by atoms with E-state index in [1.165, 1.54) is 7.11 Å². The van der Waals surface area contributed by atoms with Crippen molar-refractivity contribution in [3.8, 4) is 0 Å². The first kappa shape index (κ1) is 12.3. The molecule has 1 aliphatic heterocycles. The van der Waals surface area contributed by atoms with E-state index in [0.29, 0.717) is 11.4 Å². The van der Waals surface area contributed by atoms with Gasteiger partial charge in [0, 0.05) is 17.6 Å². The summed E-state index contributed by atoms with van der Waals surface area (Å²) in [7, 11) is 1.41. The van der Waals surface area contributed by atoms with E-state index >= 15 is 0 Å². The molecule has 0 spiro atoms. The predicted octanol–water partition coefficient (Wildman–Crippen LogP) is 1.83. The quantitative estimate of drug-likeness (QED) is 0.582. The number of carbonyl (C=O) groups excluding carboxylic acids is 1. The van der Waals surface area contributed by atoms with Crippen LogP contribution in [0.5, 0.6) is 0 Å². The lowest BCUT2D eigenvalue weighted by Gasteiger charge is -2.14. The van der Waals surface area contributed by atoms with E-state index in [9.17, 15) is 4.79 Å². The first-order valence-corrected chi connectivity index (χ1v) is 6.56. The van der Waals surface area contributed by atoms with Gasteiger partial charge in [-0.05, 0) is 13.3 Å². The zero-order valence-electron chi connectivity index (χ0n) is 8.36. The summed E-state index contributed by atoms with van der Waals surface area (Å²) >= 11 is 5.07. The average Bonchev–Trinajstić information content (AvgIpc) is 2.59. The van der Waals surface area contributed by atoms with Crippen molar-refractivity contribution in [2.24, 2.45) is 0 Å². The zero-order valence-corrected chi connectivity index (χ0v) is 10.8. The Morgan fingerprint density at radius 2 is 2.50 bits per heavy atom. The molecule has 0 saturated carbocycles. The first-order chi connectivity index (χ1) is 6.65. The minimum Gasteiger partial charge on any atom is -0.468 e. The first-order valence-electron chi connectivity index (χ1n) is 4.60. The van der Waals surface area contributed by atoms with E-state index in [1.807, 2.05) is 0 Å². The van der Waals surface area contributed by atoms with Gasteiger partial charge in [-0.25, -0.2) is 0 Å². The Labute approximate surface area is 97.0 Å². The molecule has 0 radical (unpaired) electrons. The highest BCUT2D eigenvalue weighted by atomic mass is 79.9. The summed E-state index contributed by atoms with van der Waals surface area (Å²) in [6.07, 6.45) is 1.38. The summed E-state index contributed by atoms with van der Waals surface area (Å²) in [5.41, 5.74) is 0. The standard InChI is InChI=1S/C9H15BrO3S/c1-6-8(3-4-13-6)14-5-7(10)9(11)12-2/h6-8H,3-5H2,1-2H3. The topological polar surface area (TPSA) is 35.5 Å². The van der Waals surface area contributed by atoms with Gasteiger partial charge in [0.1, 0.15) is 4.83 Å². The number of alkyl halides is 1. The summed E-state index contributed by atoms with van der Waals surface area (Å²) in [6, 6.07) is 0. The van der Waals surface area contributed by atoms with Crippen molar-refractivity contribution in [2.75, 3.05) is 19.5 Å². The fraction of sp³-hybridized carbons (Fsp3) is 0.889. The molecule has 3 atom stereocenters. The monoisotopic (exact) mass is 282 g/mol. The molecule has 1 saturated heterocycles. The van der Waals surface area contributed by atoms with Crippen LogP contribution in [-0.4, -0.2) is 41.6 Å². The molecule has 0 aromatic carbocycles. The van der Waals surface area contributed by atoms with Gasteiger partial charge in [-0.2, -0.15) is 11.8 Å². The highest BCUT2D eigenvalue weighted by Crippen LogP contribution is 2.27. The molecule has 1 aliphatic rings. The smallest absolute Gasteiger partial charge is 0.320 e. The van der Waals surface area contributed by atoms with Crippen molar-refractivity contribution in [2.45, 2.75) is 29.5 Å². The van der Waals surface area contributed by atoms with E-state index in [0.717, 1.165) is 18.8 Å². The second-order valence-corrected chi connectivity index (χ2v) is 5.60. The fourth-order valence-corrected chi connectivity index (χ4v) is 3.14. The molecule has 5 heteroatoms. The van der Waals surface area contributed by atoms with Gasteiger partial charge in [0.25, 0.3) is 0 Å². The Kier molecular flexibility index (Phi) is 5.26. The van der Waals surface area contributed by atoms with Crippen LogP contribution >= 0.6 is 27.7 Å². The number of hydrogen-bond donors (Lipinski definition) is 0. The molecule has 0 aliphatic carbocycles. The maximum absolute atomic E-state index is 11.1. The van der Waals surface area contributed by atoms with Gasteiger partial charge >= 0.3 is 5.97 Å². The molecule has 3 unspecified atom stereocenters. The fourth-order valence-electron chi connectivity index (χ4n) is 1.33. The van der Waals surface area contributed by atoms with E-state index in [-0.39, 0.29) is 10.8 Å². The molecule has 0 bridgehead atoms. The minimum atomic E-state index is -0.205. The number of hydrogen-bond acceptors (Lipinski definition) is 4. The molecule has 3 nitrogen and oxygen atoms in total. The van der Waals surface area contributed by atoms with Gasteiger partial charge < -0.3 is 9.47 Å². The third kappa shape index (κ3) is 3.44. The summed E-state index contributed by atoms with van der Waals surface area (Å²) in [5.74, 6) is 0.537. The van der Waals surface area contributed by atoms with Crippen molar-refractivity contribution >= 4 is 33.7 Å². The highest BCUT2D eigenvalue weighted by molar-refractivity contribution is 9.10. The third-order valence-electron chi connectivity index (χ3n) is 2.22. The van der Waals surface area contributed by atoms with Gasteiger partial charge in [-0.15, -0.1) is 0 Å². The molecular formula is C9H15BrO3S. The van der Waals surface area contributed by atoms with Gasteiger partial charge in [0.2, 0.25) is 0 Å². The van der Waals surface area contributed by atoms with Crippen LogP contribution in [0.1, 0.15) is 13.3 Å². The van der Waals surface area contributed by atoms with E-state index in [4.69, 9.17) is 4.74 Å². The van der Waals surface area contributed by atoms with Crippen molar-refractivity contribution in [3.63, 3.8) is 0 Å². The number of carbonyl (C=O) groups is 1. The van der Waals surface area contributed by atoms with E-state index < -0.39 is 0 Å². The molecule has 0 amide bonds. The summed E-state index contributed by atoms with van der Waals surface area (Å²) in [5, 5.41) is 0.514. The SMILES string of the molecule is COC(=O)C(Br)CSC1CCOC1C. The van der Waals surface area contributed by atoms with Crippen LogP contribution in [0.25, 0.3) is 0 Å². The van der Waals surface area contributed by atoms with Crippen LogP contribution in [0.4, 0.5) is 0 Å². The van der Waals surface area contributed by atoms with Crippen molar-refractivity contribution in [3.05, 3.63) is 0 Å². The van der Waals surface area contributed by atoms with Crippen LogP contribution in [0, 0.1) is 0 Å². The number of methoxy groups -OCH3 is 1. The lowest BCUT2D eigenvalue weighted by Crippen LogP contribution is -2.21. The summed E-state index contributed by atoms with van der Waals surface area (Å²) in [6.45, 7) is 2.91. The van der Waals surface area contributed by atoms with Gasteiger partial charge in [-0.3, -0.25) is 4.79 Å². The molecular weight excluding hydrogens is 268 g/mol. The van der Waals surface area contributed by atoms with Crippen LogP contribution in [0.15, 0.2) is 0 Å². The number of halogens is 1. The Morgan fingerprint density at radius 1 is 1.79 bits per heavy atom. The average molecular weight is 283 g/mol.